The number of guanidine groups is 1. The lowest BCUT2D eigenvalue weighted by Gasteiger charge is -2.27. The zero-order valence-electron chi connectivity index (χ0n) is 13.0. The average molecular weight is 280 g/mol. The first-order valence-corrected chi connectivity index (χ1v) is 8.63. The molecule has 0 aromatic rings. The zero-order valence-corrected chi connectivity index (χ0v) is 13.0. The SMILES string of the molecule is NC(=NCCCCCN1CCCCC1)N1CCCCC1. The highest BCUT2D eigenvalue weighted by Crippen LogP contribution is 2.10. The van der Waals surface area contributed by atoms with E-state index in [1.807, 2.05) is 0 Å². The second-order valence-corrected chi connectivity index (χ2v) is 6.25. The molecular formula is C16H32N4. The molecule has 0 radical (unpaired) electrons. The van der Waals surface area contributed by atoms with E-state index in [4.69, 9.17) is 5.73 Å². The minimum absolute atomic E-state index is 0.778. The van der Waals surface area contributed by atoms with Crippen molar-refractivity contribution in [2.24, 2.45) is 10.7 Å². The summed E-state index contributed by atoms with van der Waals surface area (Å²) in [6, 6.07) is 0. The van der Waals surface area contributed by atoms with Crippen molar-refractivity contribution in [3.8, 4) is 0 Å². The maximum absolute atomic E-state index is 6.05. The third kappa shape index (κ3) is 5.70. The van der Waals surface area contributed by atoms with Crippen LogP contribution in [0.2, 0.25) is 0 Å². The van der Waals surface area contributed by atoms with E-state index >= 15 is 0 Å². The van der Waals surface area contributed by atoms with E-state index in [2.05, 4.69) is 14.8 Å². The zero-order chi connectivity index (χ0) is 14.0. The smallest absolute Gasteiger partial charge is 0.191 e. The fraction of sp³-hybridized carbons (Fsp3) is 0.938. The highest BCUT2D eigenvalue weighted by molar-refractivity contribution is 5.78. The number of piperidine rings is 2. The van der Waals surface area contributed by atoms with Crippen molar-refractivity contribution in [2.75, 3.05) is 39.3 Å². The molecule has 0 aromatic carbocycles. The van der Waals surface area contributed by atoms with Gasteiger partial charge in [-0.25, -0.2) is 0 Å². The molecule has 2 heterocycles. The number of aliphatic imine (C=N–C) groups is 1. The van der Waals surface area contributed by atoms with Gasteiger partial charge in [-0.05, 0) is 64.6 Å². The Bertz CT molecular complexity index is 278. The predicted octanol–water partition coefficient (Wildman–Crippen LogP) is 2.44. The Balaban J connectivity index is 1.49. The molecule has 0 aromatic heterocycles. The van der Waals surface area contributed by atoms with Gasteiger partial charge in [-0.2, -0.15) is 0 Å². The van der Waals surface area contributed by atoms with Crippen molar-refractivity contribution in [2.45, 2.75) is 57.8 Å². The van der Waals surface area contributed by atoms with Crippen LogP contribution in [0.3, 0.4) is 0 Å². The Kier molecular flexibility index (Phi) is 7.20. The maximum atomic E-state index is 6.05. The van der Waals surface area contributed by atoms with Gasteiger partial charge >= 0.3 is 0 Å². The fourth-order valence-electron chi connectivity index (χ4n) is 3.22. The summed E-state index contributed by atoms with van der Waals surface area (Å²) in [5.41, 5.74) is 6.05. The van der Waals surface area contributed by atoms with E-state index in [0.29, 0.717) is 0 Å². The second-order valence-electron chi connectivity index (χ2n) is 6.25. The minimum atomic E-state index is 0.778. The molecule has 4 nitrogen and oxygen atoms in total. The molecule has 2 aliphatic heterocycles. The van der Waals surface area contributed by atoms with Crippen LogP contribution in [0.5, 0.6) is 0 Å². The molecule has 2 aliphatic rings. The Hall–Kier alpha value is -0.770. The molecule has 4 heteroatoms. The molecule has 0 unspecified atom stereocenters. The molecule has 0 saturated carbocycles. The van der Waals surface area contributed by atoms with Gasteiger partial charge in [-0.3, -0.25) is 4.99 Å². The quantitative estimate of drug-likeness (QED) is 0.462. The maximum Gasteiger partial charge on any atom is 0.191 e. The average Bonchev–Trinajstić information content (AvgIpc) is 2.52. The van der Waals surface area contributed by atoms with Crippen molar-refractivity contribution >= 4 is 5.96 Å². The number of hydrogen-bond acceptors (Lipinski definition) is 2. The Morgan fingerprint density at radius 3 is 2.15 bits per heavy atom. The van der Waals surface area contributed by atoms with Crippen LogP contribution in [-0.4, -0.2) is 55.0 Å². The lowest BCUT2D eigenvalue weighted by atomic mass is 10.1. The van der Waals surface area contributed by atoms with Crippen LogP contribution < -0.4 is 5.73 Å². The standard InChI is InChI=1S/C16H32N4/c17-16(20-14-8-3-9-15-20)18-10-4-1-5-11-19-12-6-2-7-13-19/h1-15H2,(H2,17,18). The van der Waals surface area contributed by atoms with Gasteiger partial charge in [0.05, 0.1) is 0 Å². The summed E-state index contributed by atoms with van der Waals surface area (Å²) in [4.78, 5) is 9.41. The Morgan fingerprint density at radius 1 is 0.800 bits per heavy atom. The van der Waals surface area contributed by atoms with Crippen molar-refractivity contribution in [3.05, 3.63) is 0 Å². The third-order valence-corrected chi connectivity index (χ3v) is 4.53. The van der Waals surface area contributed by atoms with Crippen LogP contribution in [0.25, 0.3) is 0 Å². The highest BCUT2D eigenvalue weighted by atomic mass is 15.2. The van der Waals surface area contributed by atoms with Gasteiger partial charge in [0.1, 0.15) is 0 Å². The lowest BCUT2D eigenvalue weighted by Crippen LogP contribution is -2.40. The number of rotatable bonds is 6. The first kappa shape index (κ1) is 15.6. The molecule has 2 fully saturated rings. The summed E-state index contributed by atoms with van der Waals surface area (Å²) in [6.07, 6.45) is 11.9. The van der Waals surface area contributed by atoms with Crippen molar-refractivity contribution in [3.63, 3.8) is 0 Å². The van der Waals surface area contributed by atoms with Crippen LogP contribution >= 0.6 is 0 Å². The molecule has 2 rings (SSSR count). The van der Waals surface area contributed by atoms with Crippen molar-refractivity contribution in [1.29, 1.82) is 0 Å². The predicted molar refractivity (Wildman–Crippen MR) is 86.1 cm³/mol. The monoisotopic (exact) mass is 280 g/mol. The first-order valence-electron chi connectivity index (χ1n) is 8.63. The van der Waals surface area contributed by atoms with Gasteiger partial charge in [0.25, 0.3) is 0 Å². The number of unbranched alkanes of at least 4 members (excludes halogenated alkanes) is 2. The molecule has 20 heavy (non-hydrogen) atoms. The molecule has 0 atom stereocenters. The van der Waals surface area contributed by atoms with Crippen LogP contribution in [0.1, 0.15) is 57.8 Å². The van der Waals surface area contributed by atoms with E-state index in [9.17, 15) is 0 Å². The Labute approximate surface area is 124 Å². The van der Waals surface area contributed by atoms with Gasteiger partial charge < -0.3 is 15.5 Å². The van der Waals surface area contributed by atoms with E-state index in [-0.39, 0.29) is 0 Å². The first-order chi connectivity index (χ1) is 9.86. The Morgan fingerprint density at radius 2 is 1.45 bits per heavy atom. The molecule has 116 valence electrons. The van der Waals surface area contributed by atoms with Gasteiger partial charge in [-0.1, -0.05) is 12.8 Å². The summed E-state index contributed by atoms with van der Waals surface area (Å²) in [5, 5.41) is 0. The third-order valence-electron chi connectivity index (χ3n) is 4.53. The largest absolute Gasteiger partial charge is 0.370 e. The van der Waals surface area contributed by atoms with Gasteiger partial charge in [0.15, 0.2) is 5.96 Å². The summed E-state index contributed by atoms with van der Waals surface area (Å²) < 4.78 is 0. The lowest BCUT2D eigenvalue weighted by molar-refractivity contribution is 0.224. The van der Waals surface area contributed by atoms with Crippen LogP contribution in [0.4, 0.5) is 0 Å². The summed E-state index contributed by atoms with van der Waals surface area (Å²) >= 11 is 0. The molecule has 0 spiro atoms. The summed E-state index contributed by atoms with van der Waals surface area (Å²) in [7, 11) is 0. The molecule has 2 saturated heterocycles. The van der Waals surface area contributed by atoms with Gasteiger partial charge in [0.2, 0.25) is 0 Å². The van der Waals surface area contributed by atoms with Crippen molar-refractivity contribution < 1.29 is 0 Å². The fourth-order valence-corrected chi connectivity index (χ4v) is 3.22. The number of likely N-dealkylation sites (tertiary alicyclic amines) is 2. The van der Waals surface area contributed by atoms with E-state index < -0.39 is 0 Å². The van der Waals surface area contributed by atoms with E-state index in [1.165, 1.54) is 77.4 Å². The molecule has 0 amide bonds. The van der Waals surface area contributed by atoms with Crippen molar-refractivity contribution in [1.82, 2.24) is 9.80 Å². The summed E-state index contributed by atoms with van der Waals surface area (Å²) in [6.45, 7) is 7.03. The van der Waals surface area contributed by atoms with Crippen LogP contribution in [0, 0.1) is 0 Å². The highest BCUT2D eigenvalue weighted by Gasteiger charge is 2.11. The summed E-state index contributed by atoms with van der Waals surface area (Å²) in [5.74, 6) is 0.778. The number of hydrogen-bond donors (Lipinski definition) is 1. The van der Waals surface area contributed by atoms with Crippen LogP contribution in [0.15, 0.2) is 4.99 Å². The number of nitrogens with two attached hydrogens (primary N) is 1. The van der Waals surface area contributed by atoms with Gasteiger partial charge in [0, 0.05) is 19.6 Å². The van der Waals surface area contributed by atoms with E-state index in [1.54, 1.807) is 0 Å². The molecular weight excluding hydrogens is 248 g/mol. The second kappa shape index (κ2) is 9.22. The number of nitrogens with zero attached hydrogens (tertiary/aromatic N) is 3. The van der Waals surface area contributed by atoms with Gasteiger partial charge in [-0.15, -0.1) is 0 Å². The topological polar surface area (TPSA) is 44.9 Å². The minimum Gasteiger partial charge on any atom is -0.370 e. The van der Waals surface area contributed by atoms with Crippen LogP contribution in [-0.2, 0) is 0 Å². The molecule has 0 bridgehead atoms. The normalized spacial score (nSPS) is 22.2. The molecule has 2 N–H and O–H groups in total. The van der Waals surface area contributed by atoms with E-state index in [0.717, 1.165) is 25.6 Å². The molecule has 0 aliphatic carbocycles.